The molecule has 0 saturated carbocycles. The number of aryl methyl sites for hydroxylation is 1. The number of aromatic nitrogens is 2. The third-order valence-corrected chi connectivity index (χ3v) is 4.78. The van der Waals surface area contributed by atoms with Crippen LogP contribution in [0, 0.1) is 6.92 Å². The molecule has 1 aromatic heterocycles. The van der Waals surface area contributed by atoms with Crippen LogP contribution in [-0.2, 0) is 17.9 Å². The highest BCUT2D eigenvalue weighted by molar-refractivity contribution is 5.81. The molecular weight excluding hydrogens is 342 g/mol. The molecule has 3 aromatic rings. The van der Waals surface area contributed by atoms with E-state index < -0.39 is 5.69 Å². The van der Waals surface area contributed by atoms with Crippen molar-refractivity contribution in [1.29, 1.82) is 0 Å². The van der Waals surface area contributed by atoms with Crippen LogP contribution in [0.1, 0.15) is 31.0 Å². The Morgan fingerprint density at radius 3 is 2.41 bits per heavy atom. The van der Waals surface area contributed by atoms with Crippen LogP contribution in [0.4, 0.5) is 0 Å². The molecule has 1 heterocycles. The Hall–Kier alpha value is -3.15. The zero-order valence-electron chi connectivity index (χ0n) is 15.7. The van der Waals surface area contributed by atoms with Crippen LogP contribution in [0.2, 0.25) is 0 Å². The highest BCUT2D eigenvalue weighted by atomic mass is 16.2. The minimum Gasteiger partial charge on any atom is -0.348 e. The average molecular weight is 365 g/mol. The fraction of sp³-hybridized carbons (Fsp3) is 0.286. The third kappa shape index (κ3) is 3.56. The fourth-order valence-electron chi connectivity index (χ4n) is 3.38. The van der Waals surface area contributed by atoms with E-state index in [0.29, 0.717) is 10.9 Å². The summed E-state index contributed by atoms with van der Waals surface area (Å²) in [6.07, 6.45) is 0. The van der Waals surface area contributed by atoms with Crippen molar-refractivity contribution in [3.8, 4) is 0 Å². The van der Waals surface area contributed by atoms with Gasteiger partial charge in [-0.25, -0.2) is 4.79 Å². The van der Waals surface area contributed by atoms with Crippen LogP contribution in [0.25, 0.3) is 10.9 Å². The lowest BCUT2D eigenvalue weighted by Gasteiger charge is -2.18. The SMILES string of the molecule is CCn1c(=O)c2ccccc2n(CC(=O)N[C@@H](C)c2ccccc2C)c1=O. The maximum absolute atomic E-state index is 12.7. The van der Waals surface area contributed by atoms with Gasteiger partial charge in [0.05, 0.1) is 16.9 Å². The summed E-state index contributed by atoms with van der Waals surface area (Å²) in [4.78, 5) is 37.8. The number of nitrogens with one attached hydrogen (secondary N) is 1. The number of carbonyl (C=O) groups is 1. The zero-order valence-corrected chi connectivity index (χ0v) is 15.7. The predicted molar refractivity (Wildman–Crippen MR) is 106 cm³/mol. The number of para-hydroxylation sites is 1. The fourth-order valence-corrected chi connectivity index (χ4v) is 3.38. The second-order valence-electron chi connectivity index (χ2n) is 6.58. The smallest absolute Gasteiger partial charge is 0.331 e. The molecule has 1 amide bonds. The van der Waals surface area contributed by atoms with Crippen LogP contribution < -0.4 is 16.6 Å². The quantitative estimate of drug-likeness (QED) is 0.754. The molecule has 2 aromatic carbocycles. The molecule has 6 heteroatoms. The molecule has 0 aliphatic heterocycles. The minimum absolute atomic E-state index is 0.143. The first kappa shape index (κ1) is 18.6. The first-order valence-electron chi connectivity index (χ1n) is 9.01. The van der Waals surface area contributed by atoms with E-state index in [9.17, 15) is 14.4 Å². The molecule has 0 unspecified atom stereocenters. The van der Waals surface area contributed by atoms with Gasteiger partial charge in [-0.05, 0) is 44.0 Å². The number of benzene rings is 2. The third-order valence-electron chi connectivity index (χ3n) is 4.78. The molecule has 6 nitrogen and oxygen atoms in total. The summed E-state index contributed by atoms with van der Waals surface area (Å²) < 4.78 is 2.51. The first-order chi connectivity index (χ1) is 12.9. The number of hydrogen-bond acceptors (Lipinski definition) is 3. The summed E-state index contributed by atoms with van der Waals surface area (Å²) in [7, 11) is 0. The van der Waals surface area contributed by atoms with Crippen molar-refractivity contribution in [2.24, 2.45) is 0 Å². The number of amides is 1. The Morgan fingerprint density at radius 1 is 1.04 bits per heavy atom. The van der Waals surface area contributed by atoms with Crippen molar-refractivity contribution >= 4 is 16.8 Å². The molecule has 0 bridgehead atoms. The van der Waals surface area contributed by atoms with Crippen molar-refractivity contribution in [2.45, 2.75) is 39.9 Å². The van der Waals surface area contributed by atoms with Gasteiger partial charge < -0.3 is 5.32 Å². The maximum Gasteiger partial charge on any atom is 0.331 e. The second kappa shape index (κ2) is 7.61. The lowest BCUT2D eigenvalue weighted by molar-refractivity contribution is -0.122. The molecule has 27 heavy (non-hydrogen) atoms. The van der Waals surface area contributed by atoms with E-state index in [4.69, 9.17) is 0 Å². The molecule has 140 valence electrons. The normalized spacial score (nSPS) is 12.1. The second-order valence-corrected chi connectivity index (χ2v) is 6.58. The Morgan fingerprint density at radius 2 is 1.70 bits per heavy atom. The standard InChI is InChI=1S/C21H23N3O3/c1-4-23-20(26)17-11-7-8-12-18(17)24(21(23)27)13-19(25)22-15(3)16-10-6-5-9-14(16)2/h5-12,15H,4,13H2,1-3H3,(H,22,25)/t15-/m0/s1. The predicted octanol–water partition coefficient (Wildman–Crippen LogP) is 2.37. The Labute approximate surface area is 157 Å². The monoisotopic (exact) mass is 365 g/mol. The summed E-state index contributed by atoms with van der Waals surface area (Å²) in [6, 6.07) is 14.5. The number of fused-ring (bicyclic) bond motifs is 1. The number of rotatable bonds is 5. The first-order valence-corrected chi connectivity index (χ1v) is 9.01. The van der Waals surface area contributed by atoms with Crippen molar-refractivity contribution in [2.75, 3.05) is 0 Å². The van der Waals surface area contributed by atoms with Gasteiger partial charge in [0.1, 0.15) is 6.54 Å². The van der Waals surface area contributed by atoms with Crippen LogP contribution >= 0.6 is 0 Å². The van der Waals surface area contributed by atoms with Crippen molar-refractivity contribution in [3.05, 3.63) is 80.5 Å². The molecule has 0 aliphatic rings. The molecule has 0 radical (unpaired) electrons. The van der Waals surface area contributed by atoms with Gasteiger partial charge in [-0.1, -0.05) is 36.4 Å². The Balaban J connectivity index is 1.95. The lowest BCUT2D eigenvalue weighted by Crippen LogP contribution is -2.42. The van der Waals surface area contributed by atoms with E-state index in [-0.39, 0.29) is 30.6 Å². The molecular formula is C21H23N3O3. The van der Waals surface area contributed by atoms with Gasteiger partial charge in [-0.15, -0.1) is 0 Å². The van der Waals surface area contributed by atoms with E-state index in [1.807, 2.05) is 38.1 Å². The topological polar surface area (TPSA) is 73.1 Å². The van der Waals surface area contributed by atoms with Crippen LogP contribution in [0.3, 0.4) is 0 Å². The summed E-state index contributed by atoms with van der Waals surface area (Å²) in [5, 5.41) is 3.37. The summed E-state index contributed by atoms with van der Waals surface area (Å²) >= 11 is 0. The van der Waals surface area contributed by atoms with Crippen LogP contribution in [-0.4, -0.2) is 15.0 Å². The average Bonchev–Trinajstić information content (AvgIpc) is 2.66. The van der Waals surface area contributed by atoms with E-state index in [0.717, 1.165) is 15.7 Å². The van der Waals surface area contributed by atoms with Gasteiger partial charge in [0.15, 0.2) is 0 Å². The maximum atomic E-state index is 12.7. The van der Waals surface area contributed by atoms with E-state index in [2.05, 4.69) is 5.32 Å². The summed E-state index contributed by atoms with van der Waals surface area (Å²) in [6.45, 7) is 5.75. The van der Waals surface area contributed by atoms with Gasteiger partial charge in [0, 0.05) is 6.54 Å². The highest BCUT2D eigenvalue weighted by Gasteiger charge is 2.16. The molecule has 0 saturated heterocycles. The highest BCUT2D eigenvalue weighted by Crippen LogP contribution is 2.16. The van der Waals surface area contributed by atoms with Gasteiger partial charge >= 0.3 is 5.69 Å². The van der Waals surface area contributed by atoms with Crippen LogP contribution in [0.15, 0.2) is 58.1 Å². The van der Waals surface area contributed by atoms with Gasteiger partial charge in [-0.2, -0.15) is 0 Å². The number of hydrogen-bond donors (Lipinski definition) is 1. The minimum atomic E-state index is -0.472. The molecule has 0 spiro atoms. The van der Waals surface area contributed by atoms with Crippen LogP contribution in [0.5, 0.6) is 0 Å². The van der Waals surface area contributed by atoms with Crippen molar-refractivity contribution in [3.63, 3.8) is 0 Å². The molecule has 3 rings (SSSR count). The van der Waals surface area contributed by atoms with E-state index in [1.54, 1.807) is 31.2 Å². The van der Waals surface area contributed by atoms with Crippen molar-refractivity contribution < 1.29 is 4.79 Å². The van der Waals surface area contributed by atoms with Gasteiger partial charge in [-0.3, -0.25) is 18.7 Å². The number of nitrogens with zero attached hydrogens (tertiary/aromatic N) is 2. The number of carbonyl (C=O) groups excluding carboxylic acids is 1. The molecule has 1 atom stereocenters. The summed E-state index contributed by atoms with van der Waals surface area (Å²) in [5.74, 6) is -0.278. The molecule has 0 aliphatic carbocycles. The van der Waals surface area contributed by atoms with Gasteiger partial charge in [0.25, 0.3) is 5.56 Å². The Bertz CT molecular complexity index is 1110. The Kier molecular flexibility index (Phi) is 5.26. The zero-order chi connectivity index (χ0) is 19.6. The van der Waals surface area contributed by atoms with E-state index >= 15 is 0 Å². The molecule has 1 N–H and O–H groups in total. The largest absolute Gasteiger partial charge is 0.348 e. The molecule has 0 fully saturated rings. The van der Waals surface area contributed by atoms with Crippen molar-refractivity contribution in [1.82, 2.24) is 14.5 Å². The summed E-state index contributed by atoms with van der Waals surface area (Å²) in [5.41, 5.74) is 1.79. The van der Waals surface area contributed by atoms with Gasteiger partial charge in [0.2, 0.25) is 5.91 Å². The lowest BCUT2D eigenvalue weighted by atomic mass is 10.0. The van der Waals surface area contributed by atoms with E-state index in [1.165, 1.54) is 4.57 Å².